The lowest BCUT2D eigenvalue weighted by Gasteiger charge is -2.40. The monoisotopic (exact) mass is 234 g/mol. The van der Waals surface area contributed by atoms with E-state index >= 15 is 0 Å². The van der Waals surface area contributed by atoms with Crippen LogP contribution in [0, 0.1) is 0 Å². The third kappa shape index (κ3) is 2.61. The van der Waals surface area contributed by atoms with Crippen LogP contribution in [-0.4, -0.2) is 43.6 Å². The third-order valence-corrected chi connectivity index (χ3v) is 3.35. The molecule has 0 bridgehead atoms. The maximum absolute atomic E-state index is 5.73. The van der Waals surface area contributed by atoms with Gasteiger partial charge < -0.3 is 4.74 Å². The van der Waals surface area contributed by atoms with Crippen molar-refractivity contribution in [1.82, 2.24) is 9.80 Å². The van der Waals surface area contributed by atoms with E-state index in [1.165, 1.54) is 12.0 Å². The smallest absolute Gasteiger partial charge is 0.125 e. The molecule has 1 heterocycles. The van der Waals surface area contributed by atoms with Gasteiger partial charge in [0.05, 0.1) is 12.8 Å². The first-order valence-corrected chi connectivity index (χ1v) is 6.36. The Bertz CT molecular complexity index is 357. The highest BCUT2D eigenvalue weighted by Crippen LogP contribution is 2.32. The molecule has 1 fully saturated rings. The molecule has 0 spiro atoms. The fourth-order valence-corrected chi connectivity index (χ4v) is 2.61. The van der Waals surface area contributed by atoms with Gasteiger partial charge in [0.25, 0.3) is 0 Å². The molecule has 0 saturated carbocycles. The van der Waals surface area contributed by atoms with Crippen LogP contribution in [0.5, 0.6) is 5.75 Å². The van der Waals surface area contributed by atoms with Crippen LogP contribution in [0.1, 0.15) is 25.1 Å². The van der Waals surface area contributed by atoms with Crippen LogP contribution in [0.3, 0.4) is 0 Å². The van der Waals surface area contributed by atoms with E-state index in [2.05, 4.69) is 42.1 Å². The highest BCUT2D eigenvalue weighted by molar-refractivity contribution is 5.35. The zero-order valence-electron chi connectivity index (χ0n) is 11.0. The highest BCUT2D eigenvalue weighted by atomic mass is 16.5. The van der Waals surface area contributed by atoms with Crippen molar-refractivity contribution in [2.45, 2.75) is 19.5 Å². The molecule has 0 unspecified atom stereocenters. The minimum atomic E-state index is 0.339. The van der Waals surface area contributed by atoms with Crippen molar-refractivity contribution < 1.29 is 4.74 Å². The SMILES string of the molecule is CCOc1ccccc1C1N(C)CCCN1C. The first-order valence-electron chi connectivity index (χ1n) is 6.36. The van der Waals surface area contributed by atoms with E-state index in [9.17, 15) is 0 Å². The van der Waals surface area contributed by atoms with Crippen molar-refractivity contribution in [2.24, 2.45) is 0 Å². The number of rotatable bonds is 3. The molecule has 2 rings (SSSR count). The Kier molecular flexibility index (Phi) is 4.02. The Hall–Kier alpha value is -1.06. The predicted octanol–water partition coefficient (Wildman–Crippen LogP) is 2.35. The minimum Gasteiger partial charge on any atom is -0.493 e. The molecular weight excluding hydrogens is 212 g/mol. The molecule has 0 amide bonds. The zero-order valence-corrected chi connectivity index (χ0v) is 11.0. The van der Waals surface area contributed by atoms with Gasteiger partial charge in [-0.2, -0.15) is 0 Å². The third-order valence-electron chi connectivity index (χ3n) is 3.35. The van der Waals surface area contributed by atoms with Crippen LogP contribution in [0.15, 0.2) is 24.3 Å². The molecule has 0 atom stereocenters. The summed E-state index contributed by atoms with van der Waals surface area (Å²) in [5, 5.41) is 0. The molecule has 1 aliphatic rings. The normalized spacial score (nSPS) is 19.5. The van der Waals surface area contributed by atoms with Crippen molar-refractivity contribution in [3.63, 3.8) is 0 Å². The minimum absolute atomic E-state index is 0.339. The first kappa shape index (κ1) is 12.4. The molecule has 0 N–H and O–H groups in total. The lowest BCUT2D eigenvalue weighted by atomic mass is 10.1. The van der Waals surface area contributed by atoms with Crippen molar-refractivity contribution in [2.75, 3.05) is 33.8 Å². The van der Waals surface area contributed by atoms with E-state index in [1.807, 2.05) is 13.0 Å². The second-order valence-electron chi connectivity index (χ2n) is 4.66. The average molecular weight is 234 g/mol. The number of ether oxygens (including phenoxy) is 1. The van der Waals surface area contributed by atoms with Gasteiger partial charge in [0.1, 0.15) is 5.75 Å². The van der Waals surface area contributed by atoms with Gasteiger partial charge in [-0.25, -0.2) is 0 Å². The molecule has 1 aliphatic heterocycles. The van der Waals surface area contributed by atoms with Crippen LogP contribution in [-0.2, 0) is 0 Å². The summed E-state index contributed by atoms with van der Waals surface area (Å²) in [6.07, 6.45) is 1.58. The molecule has 0 radical (unpaired) electrons. The van der Waals surface area contributed by atoms with E-state index in [1.54, 1.807) is 0 Å². The van der Waals surface area contributed by atoms with Gasteiger partial charge in [0.2, 0.25) is 0 Å². The summed E-state index contributed by atoms with van der Waals surface area (Å²) in [6, 6.07) is 8.37. The summed E-state index contributed by atoms with van der Waals surface area (Å²) in [5.74, 6) is 1.01. The lowest BCUT2D eigenvalue weighted by Crippen LogP contribution is -2.43. The average Bonchev–Trinajstić information content (AvgIpc) is 2.31. The van der Waals surface area contributed by atoms with Gasteiger partial charge in [-0.05, 0) is 33.5 Å². The molecule has 1 aromatic carbocycles. The number of para-hydroxylation sites is 1. The Morgan fingerprint density at radius 3 is 2.47 bits per heavy atom. The highest BCUT2D eigenvalue weighted by Gasteiger charge is 2.27. The number of benzene rings is 1. The summed E-state index contributed by atoms with van der Waals surface area (Å²) in [5.41, 5.74) is 1.28. The molecular formula is C14H22N2O. The topological polar surface area (TPSA) is 15.7 Å². The molecule has 94 valence electrons. The maximum atomic E-state index is 5.73. The summed E-state index contributed by atoms with van der Waals surface area (Å²) in [7, 11) is 4.37. The largest absolute Gasteiger partial charge is 0.493 e. The van der Waals surface area contributed by atoms with E-state index in [0.717, 1.165) is 25.4 Å². The quantitative estimate of drug-likeness (QED) is 0.798. The van der Waals surface area contributed by atoms with Crippen molar-refractivity contribution in [3.8, 4) is 5.75 Å². The van der Waals surface area contributed by atoms with Crippen LogP contribution >= 0.6 is 0 Å². The Morgan fingerprint density at radius 2 is 1.82 bits per heavy atom. The molecule has 3 heteroatoms. The van der Waals surface area contributed by atoms with Crippen LogP contribution in [0.25, 0.3) is 0 Å². The van der Waals surface area contributed by atoms with Crippen molar-refractivity contribution >= 4 is 0 Å². The number of hydrogen-bond acceptors (Lipinski definition) is 3. The summed E-state index contributed by atoms with van der Waals surface area (Å²) >= 11 is 0. The summed E-state index contributed by atoms with van der Waals surface area (Å²) in [6.45, 7) is 5.05. The molecule has 1 aromatic rings. The predicted molar refractivity (Wildman–Crippen MR) is 70.2 cm³/mol. The second kappa shape index (κ2) is 5.52. The zero-order chi connectivity index (χ0) is 12.3. The maximum Gasteiger partial charge on any atom is 0.125 e. The van der Waals surface area contributed by atoms with E-state index in [4.69, 9.17) is 4.74 Å². The van der Waals surface area contributed by atoms with Gasteiger partial charge in [-0.15, -0.1) is 0 Å². The Morgan fingerprint density at radius 1 is 1.18 bits per heavy atom. The molecule has 3 nitrogen and oxygen atoms in total. The fraction of sp³-hybridized carbons (Fsp3) is 0.571. The van der Waals surface area contributed by atoms with E-state index in [0.29, 0.717) is 6.17 Å². The van der Waals surface area contributed by atoms with Gasteiger partial charge >= 0.3 is 0 Å². The first-order chi connectivity index (χ1) is 8.24. The summed E-state index contributed by atoms with van der Waals surface area (Å²) in [4.78, 5) is 4.78. The fourth-order valence-electron chi connectivity index (χ4n) is 2.61. The standard InChI is InChI=1S/C14H22N2O/c1-4-17-13-9-6-5-8-12(13)14-15(2)10-7-11-16(14)3/h5-6,8-9,14H,4,7,10-11H2,1-3H3. The molecule has 1 saturated heterocycles. The number of hydrogen-bond donors (Lipinski definition) is 0. The number of nitrogens with zero attached hydrogens (tertiary/aromatic N) is 2. The molecule has 0 aliphatic carbocycles. The van der Waals surface area contributed by atoms with Crippen LogP contribution < -0.4 is 4.74 Å². The Labute approximate surface area is 104 Å². The molecule has 0 aromatic heterocycles. The van der Waals surface area contributed by atoms with Gasteiger partial charge in [0, 0.05) is 18.7 Å². The van der Waals surface area contributed by atoms with Gasteiger partial charge in [-0.3, -0.25) is 9.80 Å². The van der Waals surface area contributed by atoms with E-state index in [-0.39, 0.29) is 0 Å². The van der Waals surface area contributed by atoms with Gasteiger partial charge in [-0.1, -0.05) is 18.2 Å². The van der Waals surface area contributed by atoms with Gasteiger partial charge in [0.15, 0.2) is 0 Å². The molecule has 17 heavy (non-hydrogen) atoms. The van der Waals surface area contributed by atoms with Crippen LogP contribution in [0.2, 0.25) is 0 Å². The Balaban J connectivity index is 2.30. The van der Waals surface area contributed by atoms with Crippen LogP contribution in [0.4, 0.5) is 0 Å². The van der Waals surface area contributed by atoms with Crippen molar-refractivity contribution in [1.29, 1.82) is 0 Å². The lowest BCUT2D eigenvalue weighted by molar-refractivity contribution is 0.0394. The second-order valence-corrected chi connectivity index (χ2v) is 4.66. The van der Waals surface area contributed by atoms with E-state index < -0.39 is 0 Å². The van der Waals surface area contributed by atoms with Crippen molar-refractivity contribution in [3.05, 3.63) is 29.8 Å². The summed E-state index contributed by atoms with van der Waals surface area (Å²) < 4.78 is 5.73.